The average molecular weight is 340 g/mol. The van der Waals surface area contributed by atoms with E-state index in [2.05, 4.69) is 5.32 Å². The van der Waals surface area contributed by atoms with Crippen LogP contribution in [0.15, 0.2) is 24.3 Å². The van der Waals surface area contributed by atoms with E-state index in [0.717, 1.165) is 32.1 Å². The summed E-state index contributed by atoms with van der Waals surface area (Å²) in [6.07, 6.45) is 4.01. The molecule has 0 bridgehead atoms. The predicted molar refractivity (Wildman–Crippen MR) is 89.1 cm³/mol. The fraction of sp³-hybridized carbons (Fsp3) is 0.647. The Morgan fingerprint density at radius 3 is 2.43 bits per heavy atom. The lowest BCUT2D eigenvalue weighted by Crippen LogP contribution is -2.46. The van der Waals surface area contributed by atoms with E-state index >= 15 is 0 Å². The zero-order valence-corrected chi connectivity index (χ0v) is 14.4. The second-order valence-electron chi connectivity index (χ2n) is 6.57. The molecule has 1 unspecified atom stereocenters. The van der Waals surface area contributed by atoms with Crippen LogP contribution in [0.2, 0.25) is 0 Å². The monoisotopic (exact) mass is 340 g/mol. The van der Waals surface area contributed by atoms with Gasteiger partial charge in [-0.25, -0.2) is 17.1 Å². The maximum atomic E-state index is 14.0. The summed E-state index contributed by atoms with van der Waals surface area (Å²) in [5.74, 6) is -0.180. The van der Waals surface area contributed by atoms with Crippen LogP contribution >= 0.6 is 0 Å². The van der Waals surface area contributed by atoms with Gasteiger partial charge in [0.1, 0.15) is 5.82 Å². The highest BCUT2D eigenvalue weighted by Gasteiger charge is 2.41. The van der Waals surface area contributed by atoms with E-state index in [-0.39, 0.29) is 23.2 Å². The lowest BCUT2D eigenvalue weighted by atomic mass is 9.99. The van der Waals surface area contributed by atoms with Crippen LogP contribution in [0.4, 0.5) is 4.39 Å². The molecule has 3 rings (SSSR count). The molecule has 1 saturated heterocycles. The van der Waals surface area contributed by atoms with Gasteiger partial charge in [0.05, 0.1) is 5.25 Å². The van der Waals surface area contributed by atoms with E-state index in [9.17, 15) is 12.8 Å². The van der Waals surface area contributed by atoms with E-state index in [1.165, 1.54) is 6.07 Å². The number of rotatable bonds is 6. The molecular formula is C17H25FN2O2S. The highest BCUT2D eigenvalue weighted by atomic mass is 32.2. The number of nitrogens with zero attached hydrogens (tertiary/aromatic N) is 1. The lowest BCUT2D eigenvalue weighted by Gasteiger charge is -2.34. The van der Waals surface area contributed by atoms with Crippen molar-refractivity contribution in [3.05, 3.63) is 35.6 Å². The van der Waals surface area contributed by atoms with Gasteiger partial charge in [0, 0.05) is 30.7 Å². The molecule has 0 amide bonds. The first-order chi connectivity index (χ1) is 11.0. The SMILES string of the molecule is CCC(NC1CCN(S(=O)(=O)C2CC2)CC1)c1ccccc1F. The second-order valence-corrected chi connectivity index (χ2v) is 8.78. The fourth-order valence-electron chi connectivity index (χ4n) is 3.32. The first-order valence-corrected chi connectivity index (χ1v) is 10.0. The van der Waals surface area contributed by atoms with Crippen molar-refractivity contribution >= 4 is 10.0 Å². The number of sulfonamides is 1. The summed E-state index contributed by atoms with van der Waals surface area (Å²) in [5, 5.41) is 3.39. The van der Waals surface area contributed by atoms with Gasteiger partial charge < -0.3 is 5.32 Å². The molecule has 0 aromatic heterocycles. The molecule has 1 aliphatic carbocycles. The molecule has 1 N–H and O–H groups in total. The van der Waals surface area contributed by atoms with Crippen LogP contribution in [0.25, 0.3) is 0 Å². The largest absolute Gasteiger partial charge is 0.307 e. The van der Waals surface area contributed by atoms with Crippen molar-refractivity contribution in [1.82, 2.24) is 9.62 Å². The molecule has 0 radical (unpaired) electrons. The normalized spacial score (nSPS) is 22.2. The number of nitrogens with one attached hydrogen (secondary N) is 1. The molecule has 1 aromatic rings. The van der Waals surface area contributed by atoms with Gasteiger partial charge in [-0.3, -0.25) is 0 Å². The lowest BCUT2D eigenvalue weighted by molar-refractivity contribution is 0.269. The molecule has 1 aliphatic heterocycles. The number of halogens is 1. The van der Waals surface area contributed by atoms with Gasteiger partial charge in [-0.1, -0.05) is 25.1 Å². The van der Waals surface area contributed by atoms with Crippen LogP contribution in [-0.4, -0.2) is 37.1 Å². The Balaban J connectivity index is 1.58. The summed E-state index contributed by atoms with van der Waals surface area (Å²) >= 11 is 0. The summed E-state index contributed by atoms with van der Waals surface area (Å²) < 4.78 is 40.1. The van der Waals surface area contributed by atoms with E-state index in [0.29, 0.717) is 18.7 Å². The zero-order valence-electron chi connectivity index (χ0n) is 13.5. The summed E-state index contributed by atoms with van der Waals surface area (Å²) in [6.45, 7) is 3.19. The third-order valence-corrected chi connectivity index (χ3v) is 7.28. The van der Waals surface area contributed by atoms with E-state index < -0.39 is 10.0 Å². The fourth-order valence-corrected chi connectivity index (χ4v) is 5.20. The molecule has 1 saturated carbocycles. The van der Waals surface area contributed by atoms with Gasteiger partial charge in [-0.05, 0) is 38.2 Å². The topological polar surface area (TPSA) is 49.4 Å². The van der Waals surface area contributed by atoms with Crippen molar-refractivity contribution in [2.24, 2.45) is 0 Å². The van der Waals surface area contributed by atoms with Crippen molar-refractivity contribution in [2.45, 2.75) is 56.4 Å². The van der Waals surface area contributed by atoms with Crippen LogP contribution in [0.5, 0.6) is 0 Å². The van der Waals surface area contributed by atoms with Crippen LogP contribution in [-0.2, 0) is 10.0 Å². The number of hydrogen-bond donors (Lipinski definition) is 1. The van der Waals surface area contributed by atoms with E-state index in [4.69, 9.17) is 0 Å². The summed E-state index contributed by atoms with van der Waals surface area (Å²) in [7, 11) is -3.06. The third-order valence-electron chi connectivity index (χ3n) is 4.89. The minimum Gasteiger partial charge on any atom is -0.307 e. The van der Waals surface area contributed by atoms with E-state index in [1.807, 2.05) is 19.1 Å². The van der Waals surface area contributed by atoms with Gasteiger partial charge in [0.25, 0.3) is 0 Å². The van der Waals surface area contributed by atoms with Gasteiger partial charge >= 0.3 is 0 Å². The quantitative estimate of drug-likeness (QED) is 0.866. The molecule has 1 atom stereocenters. The molecule has 23 heavy (non-hydrogen) atoms. The molecule has 2 fully saturated rings. The Kier molecular flexibility index (Phi) is 5.04. The first-order valence-electron chi connectivity index (χ1n) is 8.51. The minimum absolute atomic E-state index is 0.0206. The summed E-state index contributed by atoms with van der Waals surface area (Å²) in [6, 6.07) is 7.09. The number of benzene rings is 1. The van der Waals surface area contributed by atoms with Crippen molar-refractivity contribution in [3.8, 4) is 0 Å². The van der Waals surface area contributed by atoms with Gasteiger partial charge in [0.15, 0.2) is 0 Å². The maximum Gasteiger partial charge on any atom is 0.216 e. The van der Waals surface area contributed by atoms with Crippen LogP contribution < -0.4 is 5.32 Å². The Hall–Kier alpha value is -0.980. The third kappa shape index (κ3) is 3.75. The molecule has 1 aromatic carbocycles. The molecule has 2 aliphatic rings. The van der Waals surface area contributed by atoms with Crippen molar-refractivity contribution in [3.63, 3.8) is 0 Å². The molecule has 4 nitrogen and oxygen atoms in total. The summed E-state index contributed by atoms with van der Waals surface area (Å²) in [4.78, 5) is 0. The predicted octanol–water partition coefficient (Wildman–Crippen LogP) is 2.82. The number of hydrogen-bond acceptors (Lipinski definition) is 3. The van der Waals surface area contributed by atoms with Gasteiger partial charge in [0.2, 0.25) is 10.0 Å². The zero-order chi connectivity index (χ0) is 16.4. The second kappa shape index (κ2) is 6.87. The Morgan fingerprint density at radius 2 is 1.87 bits per heavy atom. The van der Waals surface area contributed by atoms with Crippen molar-refractivity contribution < 1.29 is 12.8 Å². The first kappa shape index (κ1) is 16.9. The molecular weight excluding hydrogens is 315 g/mol. The maximum absolute atomic E-state index is 14.0. The average Bonchev–Trinajstić information content (AvgIpc) is 3.39. The molecule has 1 heterocycles. The summed E-state index contributed by atoms with van der Waals surface area (Å²) in [5.41, 5.74) is 0.697. The Labute approximate surface area is 138 Å². The standard InChI is InChI=1S/C17H25FN2O2S/c1-2-17(15-5-3-4-6-16(15)18)19-13-9-11-20(12-10-13)23(21,22)14-7-8-14/h3-6,13-14,17,19H,2,7-12H2,1H3. The highest BCUT2D eigenvalue weighted by molar-refractivity contribution is 7.90. The smallest absolute Gasteiger partial charge is 0.216 e. The highest BCUT2D eigenvalue weighted by Crippen LogP contribution is 2.32. The molecule has 128 valence electrons. The van der Waals surface area contributed by atoms with Crippen LogP contribution in [0.1, 0.15) is 50.6 Å². The Morgan fingerprint density at radius 1 is 1.22 bits per heavy atom. The van der Waals surface area contributed by atoms with E-state index in [1.54, 1.807) is 10.4 Å². The molecule has 0 spiro atoms. The molecule has 6 heteroatoms. The van der Waals surface area contributed by atoms with Crippen LogP contribution in [0.3, 0.4) is 0 Å². The van der Waals surface area contributed by atoms with Crippen molar-refractivity contribution in [2.75, 3.05) is 13.1 Å². The van der Waals surface area contributed by atoms with Crippen LogP contribution in [0, 0.1) is 5.82 Å². The van der Waals surface area contributed by atoms with Crippen molar-refractivity contribution in [1.29, 1.82) is 0 Å². The number of piperidine rings is 1. The Bertz CT molecular complexity index is 638. The van der Waals surface area contributed by atoms with Gasteiger partial charge in [-0.15, -0.1) is 0 Å². The minimum atomic E-state index is -3.06. The van der Waals surface area contributed by atoms with Gasteiger partial charge in [-0.2, -0.15) is 0 Å².